The van der Waals surface area contributed by atoms with Crippen molar-refractivity contribution in [1.29, 1.82) is 0 Å². The fourth-order valence-electron chi connectivity index (χ4n) is 5.37. The lowest BCUT2D eigenvalue weighted by Crippen LogP contribution is -2.25. The predicted octanol–water partition coefficient (Wildman–Crippen LogP) is 5.81. The summed E-state index contributed by atoms with van der Waals surface area (Å²) >= 11 is 0. The summed E-state index contributed by atoms with van der Waals surface area (Å²) in [5, 5.41) is 25.7. The number of esters is 2. The van der Waals surface area contributed by atoms with Gasteiger partial charge in [-0.2, -0.15) is 0 Å². The summed E-state index contributed by atoms with van der Waals surface area (Å²) in [7, 11) is 2.75. The number of methoxy groups -OCH3 is 2. The molecule has 2 atom stereocenters. The van der Waals surface area contributed by atoms with E-state index >= 15 is 0 Å². The Balaban J connectivity index is 1.71. The topological polar surface area (TPSA) is 162 Å². The molecular formula is C35H39NO10. The number of ether oxygens (including phenoxy) is 3. The molecule has 0 bridgehead atoms. The minimum Gasteiger partial charge on any atom is -0.507 e. The number of amides is 1. The van der Waals surface area contributed by atoms with Crippen LogP contribution in [0.25, 0.3) is 6.08 Å². The second kappa shape index (κ2) is 15.8. The normalized spacial score (nSPS) is 16.5. The molecule has 2 aromatic carbocycles. The van der Waals surface area contributed by atoms with Crippen molar-refractivity contribution in [3.05, 3.63) is 82.3 Å². The van der Waals surface area contributed by atoms with Crippen molar-refractivity contribution in [2.75, 3.05) is 14.2 Å². The Kier molecular flexibility index (Phi) is 11.6. The van der Waals surface area contributed by atoms with E-state index in [2.05, 4.69) is 10.1 Å². The molecule has 11 heteroatoms. The molecule has 244 valence electrons. The van der Waals surface area contributed by atoms with Gasteiger partial charge in [-0.25, -0.2) is 9.59 Å². The van der Waals surface area contributed by atoms with Crippen LogP contribution >= 0.6 is 0 Å². The summed E-state index contributed by atoms with van der Waals surface area (Å²) in [6.07, 6.45) is 5.72. The third-order valence-corrected chi connectivity index (χ3v) is 7.82. The van der Waals surface area contributed by atoms with Crippen molar-refractivity contribution in [2.45, 2.75) is 70.4 Å². The number of ketones is 1. The van der Waals surface area contributed by atoms with Gasteiger partial charge in [-0.3, -0.25) is 9.59 Å². The smallest absolute Gasteiger partial charge is 0.373 e. The van der Waals surface area contributed by atoms with Crippen LogP contribution in [-0.4, -0.2) is 54.2 Å². The molecule has 0 saturated heterocycles. The van der Waals surface area contributed by atoms with Gasteiger partial charge in [-0.15, -0.1) is 0 Å². The van der Waals surface area contributed by atoms with Gasteiger partial charge in [-0.05, 0) is 74.1 Å². The first-order valence-electron chi connectivity index (χ1n) is 15.2. The van der Waals surface area contributed by atoms with E-state index in [1.54, 1.807) is 43.3 Å². The van der Waals surface area contributed by atoms with Crippen LogP contribution in [0.3, 0.4) is 0 Å². The van der Waals surface area contributed by atoms with Crippen LogP contribution in [0, 0.1) is 0 Å². The molecule has 0 radical (unpaired) electrons. The van der Waals surface area contributed by atoms with E-state index < -0.39 is 35.6 Å². The lowest BCUT2D eigenvalue weighted by Gasteiger charge is -2.23. The van der Waals surface area contributed by atoms with Crippen molar-refractivity contribution in [1.82, 2.24) is 5.32 Å². The Morgan fingerprint density at radius 2 is 1.78 bits per heavy atom. The quantitative estimate of drug-likeness (QED) is 0.258. The van der Waals surface area contributed by atoms with Gasteiger partial charge in [0.25, 0.3) is 0 Å². The largest absolute Gasteiger partial charge is 0.507 e. The number of aromatic hydroxyl groups is 2. The third-order valence-electron chi connectivity index (χ3n) is 7.82. The molecule has 1 aromatic heterocycles. The van der Waals surface area contributed by atoms with Crippen LogP contribution in [0.2, 0.25) is 0 Å². The highest BCUT2D eigenvalue weighted by molar-refractivity contribution is 5.98. The van der Waals surface area contributed by atoms with E-state index in [0.717, 1.165) is 0 Å². The second-order valence-corrected chi connectivity index (χ2v) is 11.1. The molecule has 1 unspecified atom stereocenters. The molecule has 0 fully saturated rings. The van der Waals surface area contributed by atoms with Crippen molar-refractivity contribution < 1.29 is 48.0 Å². The van der Waals surface area contributed by atoms with Crippen LogP contribution in [0.5, 0.6) is 17.2 Å². The molecule has 11 nitrogen and oxygen atoms in total. The maximum Gasteiger partial charge on any atom is 0.373 e. The molecule has 0 spiro atoms. The Labute approximate surface area is 267 Å². The Bertz CT molecular complexity index is 1590. The van der Waals surface area contributed by atoms with E-state index in [4.69, 9.17) is 13.9 Å². The minimum atomic E-state index is -0.897. The van der Waals surface area contributed by atoms with Gasteiger partial charge in [0, 0.05) is 30.7 Å². The van der Waals surface area contributed by atoms with E-state index in [9.17, 15) is 29.4 Å². The van der Waals surface area contributed by atoms with Crippen molar-refractivity contribution in [3.63, 3.8) is 0 Å². The average molecular weight is 634 g/mol. The first kappa shape index (κ1) is 33.8. The van der Waals surface area contributed by atoms with Crippen LogP contribution in [0.1, 0.15) is 101 Å². The third kappa shape index (κ3) is 8.56. The number of furan rings is 1. The molecule has 0 aliphatic carbocycles. The highest BCUT2D eigenvalue weighted by Gasteiger charge is 2.31. The summed E-state index contributed by atoms with van der Waals surface area (Å²) in [6, 6.07) is 11.1. The number of rotatable bonds is 8. The van der Waals surface area contributed by atoms with Crippen LogP contribution in [-0.2, 0) is 25.6 Å². The SMILES string of the molecule is COC(=O)c1ccc(CNC(=O)CC(c2ccc(OC)cc2)c2c(O)cc3c(c2O)C(=O)O[C@@H](C)CCCC(=O)CCCC=C3)o1. The molecule has 1 amide bonds. The summed E-state index contributed by atoms with van der Waals surface area (Å²) in [4.78, 5) is 50.7. The monoisotopic (exact) mass is 633 g/mol. The predicted molar refractivity (Wildman–Crippen MR) is 168 cm³/mol. The molecule has 4 rings (SSSR count). The highest BCUT2D eigenvalue weighted by atomic mass is 16.5. The van der Waals surface area contributed by atoms with Gasteiger partial charge < -0.3 is 34.2 Å². The lowest BCUT2D eigenvalue weighted by atomic mass is 9.84. The standard InChI is InChI=1S/C35H39NO10/c1-21-8-7-11-24(37)10-6-4-5-9-23-18-28(38)32(33(40)31(23)35(42)45-21)27(22-12-14-25(43-2)15-13-22)19-30(39)36-20-26-16-17-29(46-26)34(41)44-3/h5,9,12-18,21,27,38,40H,4,6-8,10-11,19-20H2,1-3H3,(H,36,39)/t21-,27?/m0/s1. The van der Waals surface area contributed by atoms with Crippen molar-refractivity contribution in [2.24, 2.45) is 0 Å². The maximum atomic E-state index is 13.5. The number of nitrogens with one attached hydrogen (secondary N) is 1. The number of phenolic OH excluding ortho intramolecular Hbond substituents is 2. The number of Topliss-reactive ketones (excluding diaryl/α,β-unsaturated/α-hetero) is 1. The van der Waals surface area contributed by atoms with Gasteiger partial charge in [0.15, 0.2) is 0 Å². The lowest BCUT2D eigenvalue weighted by molar-refractivity contribution is -0.121. The minimum absolute atomic E-state index is 0.00812. The number of carbonyl (C=O) groups is 4. The van der Waals surface area contributed by atoms with E-state index in [0.29, 0.717) is 55.6 Å². The number of cyclic esters (lactones) is 1. The van der Waals surface area contributed by atoms with Crippen molar-refractivity contribution >= 4 is 29.7 Å². The zero-order chi connectivity index (χ0) is 33.2. The van der Waals surface area contributed by atoms with Crippen LogP contribution in [0.15, 0.2) is 53.0 Å². The maximum absolute atomic E-state index is 13.5. The molecule has 3 N–H and O–H groups in total. The molecule has 46 heavy (non-hydrogen) atoms. The zero-order valence-electron chi connectivity index (χ0n) is 26.2. The van der Waals surface area contributed by atoms with E-state index in [-0.39, 0.29) is 46.9 Å². The van der Waals surface area contributed by atoms with Gasteiger partial charge in [-0.1, -0.05) is 24.3 Å². The van der Waals surface area contributed by atoms with Gasteiger partial charge in [0.05, 0.1) is 26.9 Å². The van der Waals surface area contributed by atoms with Gasteiger partial charge in [0.2, 0.25) is 11.7 Å². The zero-order valence-corrected chi connectivity index (χ0v) is 26.2. The molecular weight excluding hydrogens is 594 g/mol. The second-order valence-electron chi connectivity index (χ2n) is 11.1. The number of benzene rings is 2. The van der Waals surface area contributed by atoms with Crippen molar-refractivity contribution in [3.8, 4) is 17.2 Å². The summed E-state index contributed by atoms with van der Waals surface area (Å²) < 4.78 is 21.0. The first-order valence-corrected chi connectivity index (χ1v) is 15.2. The fourth-order valence-corrected chi connectivity index (χ4v) is 5.37. The number of phenols is 2. The number of carbonyl (C=O) groups excluding carboxylic acids is 4. The average Bonchev–Trinajstić information content (AvgIpc) is 3.51. The Hall–Kier alpha value is -5.06. The summed E-state index contributed by atoms with van der Waals surface area (Å²) in [6.45, 7) is 1.69. The number of allylic oxidation sites excluding steroid dienone is 1. The first-order chi connectivity index (χ1) is 22.1. The van der Waals surface area contributed by atoms with Gasteiger partial charge in [0.1, 0.15) is 34.4 Å². The molecule has 1 aliphatic rings. The Morgan fingerprint density at radius 1 is 1.04 bits per heavy atom. The fraction of sp³-hybridized carbons (Fsp3) is 0.371. The van der Waals surface area contributed by atoms with E-state index in [1.165, 1.54) is 32.4 Å². The molecule has 3 aromatic rings. The number of hydrogen-bond acceptors (Lipinski definition) is 10. The number of hydrogen-bond donors (Lipinski definition) is 3. The molecule has 2 heterocycles. The number of fused-ring (bicyclic) bond motifs is 1. The highest BCUT2D eigenvalue weighted by Crippen LogP contribution is 2.44. The van der Waals surface area contributed by atoms with Crippen LogP contribution < -0.4 is 10.1 Å². The Morgan fingerprint density at radius 3 is 2.50 bits per heavy atom. The summed E-state index contributed by atoms with van der Waals surface area (Å²) in [5.74, 6) is -2.57. The molecule has 0 saturated carbocycles. The van der Waals surface area contributed by atoms with Crippen LogP contribution in [0.4, 0.5) is 0 Å². The van der Waals surface area contributed by atoms with Gasteiger partial charge >= 0.3 is 11.9 Å². The summed E-state index contributed by atoms with van der Waals surface area (Å²) in [5.41, 5.74) is 0.662. The van der Waals surface area contributed by atoms with E-state index in [1.807, 2.05) is 0 Å². The molecule has 1 aliphatic heterocycles.